The number of furan rings is 1. The second-order valence-electron chi connectivity index (χ2n) is 17.1. The minimum absolute atomic E-state index is 0.817. The molecule has 0 atom stereocenters. The highest BCUT2D eigenvalue weighted by molar-refractivity contribution is 6.26. The molecule has 2 heterocycles. The van der Waals surface area contributed by atoms with Gasteiger partial charge < -0.3 is 19.0 Å². The van der Waals surface area contributed by atoms with E-state index in [2.05, 4.69) is 218 Å². The Bertz CT molecular complexity index is 3850. The Morgan fingerprint density at radius 3 is 1.83 bits per heavy atom. The van der Waals surface area contributed by atoms with Crippen molar-refractivity contribution in [3.63, 3.8) is 0 Å². The van der Waals surface area contributed by atoms with Gasteiger partial charge in [0.25, 0.3) is 0 Å². The molecule has 0 fully saturated rings. The number of hydrogen-bond donors (Lipinski definition) is 0. The largest absolute Gasteiger partial charge is 0.456 e. The number of para-hydroxylation sites is 4. The molecule has 0 bridgehead atoms. The van der Waals surface area contributed by atoms with Gasteiger partial charge in [-0.15, -0.1) is 0 Å². The average molecular weight is 821 g/mol. The van der Waals surface area contributed by atoms with E-state index in [1.54, 1.807) is 0 Å². The van der Waals surface area contributed by atoms with Crippen LogP contribution in [0.2, 0.25) is 0 Å². The number of aryl methyl sites for hydroxylation is 2. The SMILES string of the molecule is Cc1ccc2c(N(c3ccccc3)c3ccc4ccccc4c3)cc3c4cc(C)cc5c4c(cc3c2c1)-c1ccc(N(c2ccccc2)c2cccc3c2oc2ccccc23)cc1O5. The summed E-state index contributed by atoms with van der Waals surface area (Å²) in [5.41, 5.74) is 12.6. The smallest absolute Gasteiger partial charge is 0.159 e. The predicted octanol–water partition coefficient (Wildman–Crippen LogP) is 17.5. The molecule has 12 aromatic rings. The van der Waals surface area contributed by atoms with Crippen molar-refractivity contribution < 1.29 is 9.15 Å². The Balaban J connectivity index is 1.04. The molecule has 0 unspecified atom stereocenters. The van der Waals surface area contributed by atoms with Crippen LogP contribution in [-0.2, 0) is 0 Å². The molecule has 0 spiro atoms. The summed E-state index contributed by atoms with van der Waals surface area (Å²) in [6, 6.07) is 74.2. The van der Waals surface area contributed by atoms with Crippen LogP contribution in [-0.4, -0.2) is 0 Å². The first-order chi connectivity index (χ1) is 31.5. The van der Waals surface area contributed by atoms with Gasteiger partial charge in [-0.1, -0.05) is 127 Å². The van der Waals surface area contributed by atoms with Crippen molar-refractivity contribution in [3.05, 3.63) is 217 Å². The fraction of sp³-hybridized carbons (Fsp3) is 0.0333. The monoisotopic (exact) mass is 820 g/mol. The summed E-state index contributed by atoms with van der Waals surface area (Å²) in [7, 11) is 0. The van der Waals surface area contributed by atoms with Crippen LogP contribution < -0.4 is 14.5 Å². The first kappa shape index (κ1) is 36.3. The van der Waals surface area contributed by atoms with Gasteiger partial charge in [-0.2, -0.15) is 0 Å². The first-order valence-electron chi connectivity index (χ1n) is 21.9. The maximum atomic E-state index is 7.08. The van der Waals surface area contributed by atoms with Gasteiger partial charge in [0.2, 0.25) is 0 Å². The number of rotatable bonds is 6. The number of fused-ring (bicyclic) bond motifs is 10. The lowest BCUT2D eigenvalue weighted by Crippen LogP contribution is -2.11. The van der Waals surface area contributed by atoms with Crippen molar-refractivity contribution in [1.82, 2.24) is 0 Å². The Morgan fingerprint density at radius 2 is 1.00 bits per heavy atom. The Labute approximate surface area is 370 Å². The first-order valence-corrected chi connectivity index (χ1v) is 21.9. The molecular formula is C60H40N2O2. The maximum Gasteiger partial charge on any atom is 0.159 e. The highest BCUT2D eigenvalue weighted by Gasteiger charge is 2.27. The number of ether oxygens (including phenoxy) is 1. The second kappa shape index (κ2) is 14.1. The van der Waals surface area contributed by atoms with Crippen LogP contribution in [0.5, 0.6) is 11.5 Å². The Morgan fingerprint density at radius 1 is 0.344 bits per heavy atom. The normalized spacial score (nSPS) is 12.0. The van der Waals surface area contributed by atoms with Gasteiger partial charge in [0.1, 0.15) is 17.1 Å². The molecule has 302 valence electrons. The fourth-order valence-electron chi connectivity index (χ4n) is 10.2. The van der Waals surface area contributed by atoms with Gasteiger partial charge >= 0.3 is 0 Å². The summed E-state index contributed by atoms with van der Waals surface area (Å²) in [6.45, 7) is 4.37. The molecule has 64 heavy (non-hydrogen) atoms. The molecule has 0 saturated carbocycles. The van der Waals surface area contributed by atoms with Crippen LogP contribution in [0.25, 0.3) is 76.2 Å². The van der Waals surface area contributed by atoms with Crippen LogP contribution in [0.4, 0.5) is 34.1 Å². The standard InChI is InChI=1S/C60H40N2O2/c1-37-24-28-45-49(30-37)50-35-53-47-29-27-44(61(41-16-5-3-6-17-41)54-22-13-21-48-46-20-11-12-23-56(46)64-60(48)54)34-57(47)63-58-32-38(2)31-52(59(53)58)51(50)36-55(45)62(42-18-7-4-8-19-42)43-26-25-39-14-9-10-15-40(39)33-43/h3-36H,1-2H3. The van der Waals surface area contributed by atoms with Crippen LogP contribution in [0.15, 0.2) is 211 Å². The molecule has 0 amide bonds. The number of benzene rings is 11. The van der Waals surface area contributed by atoms with Crippen molar-refractivity contribution >= 4 is 99.2 Å². The van der Waals surface area contributed by atoms with Crippen LogP contribution in [0.1, 0.15) is 11.1 Å². The van der Waals surface area contributed by atoms with E-state index in [1.165, 1.54) is 48.8 Å². The fourth-order valence-corrected chi connectivity index (χ4v) is 10.2. The highest BCUT2D eigenvalue weighted by Crippen LogP contribution is 2.54. The van der Waals surface area contributed by atoms with Crippen LogP contribution >= 0.6 is 0 Å². The van der Waals surface area contributed by atoms with Crippen molar-refractivity contribution in [2.45, 2.75) is 13.8 Å². The lowest BCUT2D eigenvalue weighted by Gasteiger charge is -2.30. The quantitative estimate of drug-likeness (QED) is 0.156. The van der Waals surface area contributed by atoms with Crippen molar-refractivity contribution in [2.24, 2.45) is 0 Å². The minimum Gasteiger partial charge on any atom is -0.456 e. The summed E-state index contributed by atoms with van der Waals surface area (Å²) in [5, 5.41) is 11.7. The third-order valence-corrected chi connectivity index (χ3v) is 13.0. The van der Waals surface area contributed by atoms with E-state index in [-0.39, 0.29) is 0 Å². The molecule has 4 heteroatoms. The van der Waals surface area contributed by atoms with E-state index in [0.29, 0.717) is 0 Å². The van der Waals surface area contributed by atoms with E-state index < -0.39 is 0 Å². The predicted molar refractivity (Wildman–Crippen MR) is 268 cm³/mol. The van der Waals surface area contributed by atoms with Crippen molar-refractivity contribution in [3.8, 4) is 22.6 Å². The Hall–Kier alpha value is -8.34. The number of nitrogens with zero attached hydrogens (tertiary/aromatic N) is 2. The molecular weight excluding hydrogens is 781 g/mol. The summed E-state index contributed by atoms with van der Waals surface area (Å²) in [4.78, 5) is 4.70. The zero-order valence-corrected chi connectivity index (χ0v) is 35.3. The Kier molecular flexibility index (Phi) is 8.00. The van der Waals surface area contributed by atoms with E-state index in [9.17, 15) is 0 Å². The molecule has 1 aromatic heterocycles. The van der Waals surface area contributed by atoms with Crippen LogP contribution in [0, 0.1) is 13.8 Å². The van der Waals surface area contributed by atoms with Gasteiger partial charge in [0.15, 0.2) is 5.58 Å². The average Bonchev–Trinajstić information content (AvgIpc) is 3.72. The lowest BCUT2D eigenvalue weighted by atomic mass is 9.87. The number of hydrogen-bond acceptors (Lipinski definition) is 4. The van der Waals surface area contributed by atoms with Crippen molar-refractivity contribution in [2.75, 3.05) is 9.80 Å². The topological polar surface area (TPSA) is 28.9 Å². The molecule has 1 aliphatic heterocycles. The van der Waals surface area contributed by atoms with Gasteiger partial charge in [0, 0.05) is 50.2 Å². The minimum atomic E-state index is 0.817. The molecule has 0 saturated heterocycles. The zero-order chi connectivity index (χ0) is 42.5. The molecule has 4 nitrogen and oxygen atoms in total. The summed E-state index contributed by atoms with van der Waals surface area (Å²) in [6.07, 6.45) is 0. The molecule has 0 N–H and O–H groups in total. The summed E-state index contributed by atoms with van der Waals surface area (Å²) >= 11 is 0. The highest BCUT2D eigenvalue weighted by atomic mass is 16.5. The molecule has 0 radical (unpaired) electrons. The summed E-state index contributed by atoms with van der Waals surface area (Å²) in [5.74, 6) is 1.68. The molecule has 1 aliphatic rings. The molecule has 13 rings (SSSR count). The van der Waals surface area contributed by atoms with Gasteiger partial charge in [-0.25, -0.2) is 0 Å². The number of anilines is 6. The lowest BCUT2D eigenvalue weighted by molar-refractivity contribution is 0.487. The molecule has 0 aliphatic carbocycles. The van der Waals surface area contributed by atoms with E-state index in [4.69, 9.17) is 9.15 Å². The van der Waals surface area contributed by atoms with Crippen molar-refractivity contribution in [1.29, 1.82) is 0 Å². The second-order valence-corrected chi connectivity index (χ2v) is 17.1. The third kappa shape index (κ3) is 5.62. The van der Waals surface area contributed by atoms with Gasteiger partial charge in [-0.3, -0.25) is 0 Å². The third-order valence-electron chi connectivity index (χ3n) is 13.0. The van der Waals surface area contributed by atoms with E-state index >= 15 is 0 Å². The van der Waals surface area contributed by atoms with Gasteiger partial charge in [0.05, 0.1) is 17.1 Å². The summed E-state index contributed by atoms with van der Waals surface area (Å²) < 4.78 is 13.7. The van der Waals surface area contributed by atoms with E-state index in [0.717, 1.165) is 84.1 Å². The van der Waals surface area contributed by atoms with E-state index in [1.807, 2.05) is 12.1 Å². The van der Waals surface area contributed by atoms with Crippen LogP contribution in [0.3, 0.4) is 0 Å². The zero-order valence-electron chi connectivity index (χ0n) is 35.3. The maximum absolute atomic E-state index is 7.08. The molecule has 11 aromatic carbocycles. The van der Waals surface area contributed by atoms with Gasteiger partial charge in [-0.05, 0) is 136 Å².